The van der Waals surface area contributed by atoms with Gasteiger partial charge < -0.3 is 4.90 Å². The van der Waals surface area contributed by atoms with E-state index in [-0.39, 0.29) is 5.91 Å². The molecular weight excluding hydrogens is 393 g/mol. The average molecular weight is 410 g/mol. The molecule has 1 fully saturated rings. The van der Waals surface area contributed by atoms with Crippen molar-refractivity contribution in [3.8, 4) is 0 Å². The van der Waals surface area contributed by atoms with Crippen LogP contribution in [-0.4, -0.2) is 23.9 Å². The highest BCUT2D eigenvalue weighted by Crippen LogP contribution is 2.30. The van der Waals surface area contributed by atoms with Crippen molar-refractivity contribution in [3.05, 3.63) is 32.7 Å². The van der Waals surface area contributed by atoms with E-state index < -0.39 is 5.38 Å². The van der Waals surface area contributed by atoms with Gasteiger partial charge in [-0.3, -0.25) is 4.79 Å². The Morgan fingerprint density at radius 1 is 1.11 bits per heavy atom. The van der Waals surface area contributed by atoms with Gasteiger partial charge in [-0.1, -0.05) is 18.9 Å². The number of carbonyl (C=O) groups is 1. The molecule has 0 N–H and O–H groups in total. The Kier molecular flexibility index (Phi) is 5.72. The van der Waals surface area contributed by atoms with Crippen molar-refractivity contribution in [2.24, 2.45) is 0 Å². The number of halogens is 3. The Hall–Kier alpha value is -0.0600. The Bertz CT molecular complexity index is 459. The van der Waals surface area contributed by atoms with Gasteiger partial charge >= 0.3 is 0 Å². The van der Waals surface area contributed by atoms with E-state index in [1.165, 1.54) is 12.8 Å². The number of benzene rings is 1. The number of rotatable bonds is 2. The maximum absolute atomic E-state index is 12.4. The number of alkyl halides is 1. The van der Waals surface area contributed by atoms with Gasteiger partial charge in [-0.2, -0.15) is 0 Å². The summed E-state index contributed by atoms with van der Waals surface area (Å²) in [6, 6.07) is 5.70. The second-order valence-corrected chi connectivity index (χ2v) is 6.92. The van der Waals surface area contributed by atoms with E-state index in [4.69, 9.17) is 11.6 Å². The molecule has 1 atom stereocenters. The third kappa shape index (κ3) is 3.96. The predicted molar refractivity (Wildman–Crippen MR) is 85.5 cm³/mol. The molecule has 0 saturated carbocycles. The zero-order chi connectivity index (χ0) is 13.8. The van der Waals surface area contributed by atoms with Crippen LogP contribution >= 0.6 is 43.5 Å². The van der Waals surface area contributed by atoms with Gasteiger partial charge in [-0.05, 0) is 62.4 Å². The molecule has 0 spiro atoms. The van der Waals surface area contributed by atoms with Crippen LogP contribution in [0.25, 0.3) is 0 Å². The van der Waals surface area contributed by atoms with Crippen molar-refractivity contribution >= 4 is 49.4 Å². The molecule has 1 unspecified atom stereocenters. The second kappa shape index (κ2) is 7.09. The first-order valence-corrected chi connectivity index (χ1v) is 8.49. The molecule has 2 nitrogen and oxygen atoms in total. The van der Waals surface area contributed by atoms with E-state index in [1.807, 2.05) is 23.1 Å². The highest BCUT2D eigenvalue weighted by molar-refractivity contribution is 9.13. The monoisotopic (exact) mass is 407 g/mol. The lowest BCUT2D eigenvalue weighted by Gasteiger charge is -2.23. The van der Waals surface area contributed by atoms with Crippen LogP contribution in [0, 0.1) is 0 Å². The molecule has 0 radical (unpaired) electrons. The molecule has 0 bridgehead atoms. The molecule has 0 aliphatic carbocycles. The van der Waals surface area contributed by atoms with Crippen molar-refractivity contribution in [2.75, 3.05) is 13.1 Å². The standard InChI is InChI=1S/C14H16Br2ClNO/c15-11-6-5-10(9-12(11)16)13(17)14(19)18-7-3-1-2-4-8-18/h5-6,9,13H,1-4,7-8H2. The summed E-state index contributed by atoms with van der Waals surface area (Å²) in [6.07, 6.45) is 4.58. The third-order valence-electron chi connectivity index (χ3n) is 3.37. The number of likely N-dealkylation sites (tertiary alicyclic amines) is 1. The fourth-order valence-electron chi connectivity index (χ4n) is 2.26. The first-order valence-electron chi connectivity index (χ1n) is 6.47. The van der Waals surface area contributed by atoms with Gasteiger partial charge in [0.05, 0.1) is 0 Å². The summed E-state index contributed by atoms with van der Waals surface area (Å²) in [7, 11) is 0. The molecule has 1 aliphatic heterocycles. The molecular formula is C14H16Br2ClNO. The maximum Gasteiger partial charge on any atom is 0.245 e. The van der Waals surface area contributed by atoms with Crippen LogP contribution in [0.3, 0.4) is 0 Å². The molecule has 1 aliphatic rings. The van der Waals surface area contributed by atoms with Crippen LogP contribution in [0.4, 0.5) is 0 Å². The van der Waals surface area contributed by atoms with E-state index in [2.05, 4.69) is 31.9 Å². The second-order valence-electron chi connectivity index (χ2n) is 4.78. The summed E-state index contributed by atoms with van der Waals surface area (Å²) in [4.78, 5) is 14.3. The van der Waals surface area contributed by atoms with Crippen LogP contribution in [0.15, 0.2) is 27.1 Å². The Labute approximate surface area is 135 Å². The normalized spacial score (nSPS) is 17.9. The highest BCUT2D eigenvalue weighted by atomic mass is 79.9. The van der Waals surface area contributed by atoms with Crippen molar-refractivity contribution in [1.29, 1.82) is 0 Å². The zero-order valence-electron chi connectivity index (χ0n) is 10.5. The molecule has 104 valence electrons. The van der Waals surface area contributed by atoms with Gasteiger partial charge in [0.15, 0.2) is 0 Å². The summed E-state index contributed by atoms with van der Waals surface area (Å²) in [6.45, 7) is 1.67. The Morgan fingerprint density at radius 2 is 1.74 bits per heavy atom. The van der Waals surface area contributed by atoms with Crippen LogP contribution in [-0.2, 0) is 4.79 Å². The average Bonchev–Trinajstić information content (AvgIpc) is 2.69. The van der Waals surface area contributed by atoms with Crippen LogP contribution in [0.5, 0.6) is 0 Å². The van der Waals surface area contributed by atoms with Gasteiger partial charge in [0.2, 0.25) is 5.91 Å². The number of hydrogen-bond donors (Lipinski definition) is 0. The van der Waals surface area contributed by atoms with E-state index >= 15 is 0 Å². The molecule has 1 aromatic rings. The molecule has 19 heavy (non-hydrogen) atoms. The lowest BCUT2D eigenvalue weighted by Crippen LogP contribution is -2.34. The number of amides is 1. The fraction of sp³-hybridized carbons (Fsp3) is 0.500. The fourth-order valence-corrected chi connectivity index (χ4v) is 3.18. The minimum absolute atomic E-state index is 0.0257. The van der Waals surface area contributed by atoms with Crippen LogP contribution in [0.2, 0.25) is 0 Å². The predicted octanol–water partition coefficient (Wildman–Crippen LogP) is 4.89. The molecule has 1 heterocycles. The number of hydrogen-bond acceptors (Lipinski definition) is 1. The third-order valence-corrected chi connectivity index (χ3v) is 5.69. The number of carbonyl (C=O) groups excluding carboxylic acids is 1. The van der Waals surface area contributed by atoms with Gasteiger partial charge in [-0.25, -0.2) is 0 Å². The van der Waals surface area contributed by atoms with Crippen molar-refractivity contribution in [3.63, 3.8) is 0 Å². The first kappa shape index (κ1) is 15.3. The zero-order valence-corrected chi connectivity index (χ0v) is 14.5. The van der Waals surface area contributed by atoms with Crippen LogP contribution in [0.1, 0.15) is 36.6 Å². The van der Waals surface area contributed by atoms with Crippen LogP contribution < -0.4 is 0 Å². The van der Waals surface area contributed by atoms with E-state index in [0.717, 1.165) is 40.4 Å². The van der Waals surface area contributed by atoms with Gasteiger partial charge in [0.25, 0.3) is 0 Å². The van der Waals surface area contributed by atoms with Gasteiger partial charge in [-0.15, -0.1) is 11.6 Å². The topological polar surface area (TPSA) is 20.3 Å². The van der Waals surface area contributed by atoms with Crippen molar-refractivity contribution in [1.82, 2.24) is 4.90 Å². The smallest absolute Gasteiger partial charge is 0.245 e. The summed E-state index contributed by atoms with van der Waals surface area (Å²) in [5.74, 6) is 0.0257. The summed E-state index contributed by atoms with van der Waals surface area (Å²) in [5, 5.41) is -0.595. The Morgan fingerprint density at radius 3 is 2.32 bits per heavy atom. The largest absolute Gasteiger partial charge is 0.341 e. The van der Waals surface area contributed by atoms with Gasteiger partial charge in [0.1, 0.15) is 5.38 Å². The quantitative estimate of drug-likeness (QED) is 0.637. The minimum Gasteiger partial charge on any atom is -0.341 e. The Balaban J connectivity index is 2.10. The lowest BCUT2D eigenvalue weighted by molar-refractivity contribution is -0.130. The van der Waals surface area contributed by atoms with E-state index in [9.17, 15) is 4.79 Å². The highest BCUT2D eigenvalue weighted by Gasteiger charge is 2.24. The first-order chi connectivity index (χ1) is 9.09. The van der Waals surface area contributed by atoms with Gasteiger partial charge in [0, 0.05) is 22.0 Å². The molecule has 5 heteroatoms. The number of nitrogens with zero attached hydrogens (tertiary/aromatic N) is 1. The summed E-state index contributed by atoms with van der Waals surface area (Å²) in [5.41, 5.74) is 0.839. The molecule has 1 aromatic carbocycles. The maximum atomic E-state index is 12.4. The van der Waals surface area contributed by atoms with E-state index in [1.54, 1.807) is 0 Å². The summed E-state index contributed by atoms with van der Waals surface area (Å²) < 4.78 is 1.88. The molecule has 1 saturated heterocycles. The minimum atomic E-state index is -0.595. The molecule has 1 amide bonds. The molecule has 2 rings (SSSR count). The SMILES string of the molecule is O=C(C(Cl)c1ccc(Br)c(Br)c1)N1CCCCCC1. The van der Waals surface area contributed by atoms with Crippen molar-refractivity contribution < 1.29 is 4.79 Å². The molecule has 0 aromatic heterocycles. The van der Waals surface area contributed by atoms with Crippen molar-refractivity contribution in [2.45, 2.75) is 31.1 Å². The lowest BCUT2D eigenvalue weighted by atomic mass is 10.1. The summed E-state index contributed by atoms with van der Waals surface area (Å²) >= 11 is 13.2. The van der Waals surface area contributed by atoms with E-state index in [0.29, 0.717) is 0 Å².